The second-order valence-corrected chi connectivity index (χ2v) is 8.40. The first kappa shape index (κ1) is 22.3. The van der Waals surface area contributed by atoms with Crippen molar-refractivity contribution in [3.63, 3.8) is 0 Å². The number of nitrogens with one attached hydrogen (secondary N) is 1. The Labute approximate surface area is 164 Å². The molecule has 1 atom stereocenters. The van der Waals surface area contributed by atoms with Crippen LogP contribution in [0.25, 0.3) is 0 Å². The molecule has 1 aromatic rings. The van der Waals surface area contributed by atoms with Crippen LogP contribution in [0.5, 0.6) is 0 Å². The molecular formula is C18H25FN2O6S. The topological polar surface area (TPSA) is 102 Å². The molecule has 1 amide bonds. The molecule has 28 heavy (non-hydrogen) atoms. The van der Waals surface area contributed by atoms with Crippen LogP contribution in [0.3, 0.4) is 0 Å². The summed E-state index contributed by atoms with van der Waals surface area (Å²) in [7, 11) is -4.11. The van der Waals surface area contributed by atoms with Gasteiger partial charge >= 0.3 is 5.97 Å². The molecule has 1 heterocycles. The minimum Gasteiger partial charge on any atom is -0.452 e. The third-order valence-corrected chi connectivity index (χ3v) is 6.13. The van der Waals surface area contributed by atoms with Crippen molar-refractivity contribution < 1.29 is 31.9 Å². The molecule has 1 aliphatic rings. The average Bonchev–Trinajstić information content (AvgIpc) is 2.67. The van der Waals surface area contributed by atoms with Crippen molar-refractivity contribution in [3.05, 3.63) is 29.6 Å². The summed E-state index contributed by atoms with van der Waals surface area (Å²) in [6, 6.07) is 2.90. The molecule has 0 saturated carbocycles. The molecule has 0 bridgehead atoms. The van der Waals surface area contributed by atoms with Crippen molar-refractivity contribution in [1.82, 2.24) is 9.62 Å². The van der Waals surface area contributed by atoms with Gasteiger partial charge in [-0.2, -0.15) is 4.31 Å². The fraction of sp³-hybridized carbons (Fsp3) is 0.556. The fourth-order valence-corrected chi connectivity index (χ4v) is 4.29. The average molecular weight is 416 g/mol. The largest absolute Gasteiger partial charge is 0.452 e. The minimum absolute atomic E-state index is 0.0488. The van der Waals surface area contributed by atoms with E-state index < -0.39 is 39.2 Å². The van der Waals surface area contributed by atoms with Crippen molar-refractivity contribution in [3.8, 4) is 0 Å². The molecule has 1 saturated heterocycles. The van der Waals surface area contributed by atoms with E-state index in [9.17, 15) is 22.4 Å². The zero-order valence-electron chi connectivity index (χ0n) is 15.9. The molecule has 0 aromatic heterocycles. The Hall–Kier alpha value is -2.04. The number of benzene rings is 1. The van der Waals surface area contributed by atoms with Gasteiger partial charge in [0.15, 0.2) is 6.61 Å². The molecule has 1 aliphatic heterocycles. The smallest absolute Gasteiger partial charge is 0.338 e. The van der Waals surface area contributed by atoms with Crippen LogP contribution in [0.15, 0.2) is 23.1 Å². The third-order valence-electron chi connectivity index (χ3n) is 4.22. The van der Waals surface area contributed by atoms with Crippen LogP contribution >= 0.6 is 0 Å². The zero-order chi connectivity index (χ0) is 20.7. The number of amides is 1. The highest BCUT2D eigenvalue weighted by atomic mass is 32.2. The standard InChI is InChI=1S/C18H25FN2O6S/c1-3-4-13(2)20-17(22)12-27-18(23)14-5-6-15(19)16(11-14)28(24,25)21-7-9-26-10-8-21/h5-6,11,13H,3-4,7-10,12H2,1-2H3,(H,20,22). The Balaban J connectivity index is 2.07. The van der Waals surface area contributed by atoms with Crippen LogP contribution in [0.1, 0.15) is 37.0 Å². The molecule has 1 unspecified atom stereocenters. The number of esters is 1. The number of halogens is 1. The Morgan fingerprint density at radius 1 is 1.32 bits per heavy atom. The normalized spacial score (nSPS) is 16.4. The quantitative estimate of drug-likeness (QED) is 0.641. The van der Waals surface area contributed by atoms with Crippen LogP contribution in [0.4, 0.5) is 4.39 Å². The summed E-state index contributed by atoms with van der Waals surface area (Å²) in [6.45, 7) is 3.96. The summed E-state index contributed by atoms with van der Waals surface area (Å²) in [4.78, 5) is 23.4. The van der Waals surface area contributed by atoms with E-state index in [1.807, 2.05) is 13.8 Å². The van der Waals surface area contributed by atoms with Gasteiger partial charge in [0, 0.05) is 19.1 Å². The van der Waals surface area contributed by atoms with E-state index in [0.29, 0.717) is 0 Å². The van der Waals surface area contributed by atoms with E-state index in [-0.39, 0.29) is 37.9 Å². The van der Waals surface area contributed by atoms with Gasteiger partial charge < -0.3 is 14.8 Å². The Morgan fingerprint density at radius 3 is 2.64 bits per heavy atom. The highest BCUT2D eigenvalue weighted by molar-refractivity contribution is 7.89. The lowest BCUT2D eigenvalue weighted by molar-refractivity contribution is -0.124. The number of carbonyl (C=O) groups excluding carboxylic acids is 2. The van der Waals surface area contributed by atoms with Gasteiger partial charge in [-0.25, -0.2) is 17.6 Å². The Morgan fingerprint density at radius 2 is 2.00 bits per heavy atom. The van der Waals surface area contributed by atoms with Crippen molar-refractivity contribution >= 4 is 21.9 Å². The first-order chi connectivity index (χ1) is 13.3. The molecule has 2 rings (SSSR count). The van der Waals surface area contributed by atoms with E-state index >= 15 is 0 Å². The van der Waals surface area contributed by atoms with E-state index in [1.54, 1.807) is 0 Å². The van der Waals surface area contributed by atoms with Gasteiger partial charge in [0.2, 0.25) is 10.0 Å². The molecule has 0 radical (unpaired) electrons. The molecule has 1 aromatic carbocycles. The van der Waals surface area contributed by atoms with Crippen LogP contribution in [0, 0.1) is 5.82 Å². The maximum Gasteiger partial charge on any atom is 0.338 e. The molecule has 1 fully saturated rings. The number of morpholine rings is 1. The van der Waals surface area contributed by atoms with Gasteiger partial charge in [0.05, 0.1) is 18.8 Å². The predicted molar refractivity (Wildman–Crippen MR) is 98.8 cm³/mol. The molecule has 1 N–H and O–H groups in total. The number of hydrogen-bond donors (Lipinski definition) is 1. The van der Waals surface area contributed by atoms with Crippen molar-refractivity contribution in [1.29, 1.82) is 0 Å². The lowest BCUT2D eigenvalue weighted by atomic mass is 10.2. The maximum atomic E-state index is 14.2. The second-order valence-electron chi connectivity index (χ2n) is 6.50. The first-order valence-corrected chi connectivity index (χ1v) is 10.5. The monoisotopic (exact) mass is 416 g/mol. The first-order valence-electron chi connectivity index (χ1n) is 9.09. The van der Waals surface area contributed by atoms with Gasteiger partial charge in [0.1, 0.15) is 10.7 Å². The SMILES string of the molecule is CCCC(C)NC(=O)COC(=O)c1ccc(F)c(S(=O)(=O)N2CCOCC2)c1. The highest BCUT2D eigenvalue weighted by Crippen LogP contribution is 2.22. The number of rotatable bonds is 8. The Kier molecular flexibility index (Phi) is 7.90. The van der Waals surface area contributed by atoms with E-state index in [0.717, 1.165) is 35.3 Å². The minimum atomic E-state index is -4.11. The number of nitrogens with zero attached hydrogens (tertiary/aromatic N) is 1. The van der Waals surface area contributed by atoms with Crippen molar-refractivity contribution in [2.45, 2.75) is 37.6 Å². The third kappa shape index (κ3) is 5.73. The van der Waals surface area contributed by atoms with Gasteiger partial charge in [-0.15, -0.1) is 0 Å². The lowest BCUT2D eigenvalue weighted by Gasteiger charge is -2.26. The van der Waals surface area contributed by atoms with Crippen LogP contribution in [-0.2, 0) is 24.3 Å². The van der Waals surface area contributed by atoms with E-state index in [1.165, 1.54) is 0 Å². The fourth-order valence-electron chi connectivity index (χ4n) is 2.79. The van der Waals surface area contributed by atoms with Gasteiger partial charge in [0.25, 0.3) is 5.91 Å². The van der Waals surface area contributed by atoms with Crippen molar-refractivity contribution in [2.75, 3.05) is 32.9 Å². The summed E-state index contributed by atoms with van der Waals surface area (Å²) >= 11 is 0. The molecule has 10 heteroatoms. The van der Waals surface area contributed by atoms with Gasteiger partial charge in [-0.1, -0.05) is 13.3 Å². The highest BCUT2D eigenvalue weighted by Gasteiger charge is 2.30. The zero-order valence-corrected chi connectivity index (χ0v) is 16.8. The summed E-state index contributed by atoms with van der Waals surface area (Å²) in [5, 5.41) is 2.68. The van der Waals surface area contributed by atoms with E-state index in [4.69, 9.17) is 9.47 Å². The molecule has 156 valence electrons. The van der Waals surface area contributed by atoms with E-state index in [2.05, 4.69) is 5.32 Å². The van der Waals surface area contributed by atoms with Gasteiger partial charge in [-0.05, 0) is 31.5 Å². The van der Waals surface area contributed by atoms with Crippen LogP contribution in [-0.4, -0.2) is 63.6 Å². The lowest BCUT2D eigenvalue weighted by Crippen LogP contribution is -2.41. The number of ether oxygens (including phenoxy) is 2. The summed E-state index contributed by atoms with van der Waals surface area (Å²) in [6.07, 6.45) is 1.69. The molecule has 0 aliphatic carbocycles. The predicted octanol–water partition coefficient (Wildman–Crippen LogP) is 1.31. The number of carbonyl (C=O) groups is 2. The number of hydrogen-bond acceptors (Lipinski definition) is 6. The Bertz CT molecular complexity index is 808. The molecular weight excluding hydrogens is 391 g/mol. The van der Waals surface area contributed by atoms with Gasteiger partial charge in [-0.3, -0.25) is 4.79 Å². The second kappa shape index (κ2) is 9.94. The van der Waals surface area contributed by atoms with Crippen LogP contribution in [0.2, 0.25) is 0 Å². The number of sulfonamides is 1. The summed E-state index contributed by atoms with van der Waals surface area (Å²) < 4.78 is 50.6. The maximum absolute atomic E-state index is 14.2. The molecule has 8 nitrogen and oxygen atoms in total. The summed E-state index contributed by atoms with van der Waals surface area (Å²) in [5.74, 6) is -2.33. The summed E-state index contributed by atoms with van der Waals surface area (Å²) in [5.41, 5.74) is -0.150. The van der Waals surface area contributed by atoms with Crippen molar-refractivity contribution in [2.24, 2.45) is 0 Å². The van der Waals surface area contributed by atoms with Crippen LogP contribution < -0.4 is 5.32 Å². The molecule has 0 spiro atoms.